The van der Waals surface area contributed by atoms with Crippen LogP contribution in [0, 0.1) is 16.2 Å². The van der Waals surface area contributed by atoms with Crippen molar-refractivity contribution in [3.05, 3.63) is 34.7 Å². The van der Waals surface area contributed by atoms with Crippen LogP contribution in [0.3, 0.4) is 0 Å². The fourth-order valence-electron chi connectivity index (χ4n) is 0.672. The number of hydrogen-bond donors (Lipinski definition) is 1. The van der Waals surface area contributed by atoms with E-state index in [4.69, 9.17) is 5.26 Å². The van der Waals surface area contributed by atoms with E-state index in [0.29, 0.717) is 11.3 Å². The van der Waals surface area contributed by atoms with Crippen LogP contribution in [-0.2, 0) is 0 Å². The molecule has 0 aliphatic carbocycles. The first-order chi connectivity index (χ1) is 5.36. The van der Waals surface area contributed by atoms with E-state index in [-0.39, 0.29) is 29.6 Å². The van der Waals surface area contributed by atoms with E-state index in [1.54, 1.807) is 24.3 Å². The third kappa shape index (κ3) is 3.01. The Kier molecular flexibility index (Phi) is 5.30. The Morgan fingerprint density at radius 2 is 1.92 bits per heavy atom. The molecule has 0 aliphatic rings. The molecule has 1 aromatic rings. The van der Waals surface area contributed by atoms with Gasteiger partial charge in [0.05, 0.1) is 22.6 Å². The fourth-order valence-corrected chi connectivity index (χ4v) is 0.672. The smallest absolute Gasteiger partial charge is 0.242 e. The normalized spacial score (nSPS) is 7.58. The van der Waals surface area contributed by atoms with Crippen LogP contribution in [0.1, 0.15) is 5.56 Å². The minimum Gasteiger partial charge on any atom is -0.242 e. The summed E-state index contributed by atoms with van der Waals surface area (Å²) in [7, 11) is 0. The van der Waals surface area contributed by atoms with Crippen LogP contribution < -0.4 is 35.0 Å². The molecule has 1 rings (SSSR count). The molecule has 0 saturated heterocycles. The molecule has 0 spiro atoms. The molecular weight excluding hydrogens is 165 g/mol. The number of anilines is 1. The topological polar surface area (TPSA) is 65.2 Å². The van der Waals surface area contributed by atoms with Crippen molar-refractivity contribution in [1.82, 2.24) is 0 Å². The standard InChI is InChI=1S/C7H5N3O.Na/c8-5-6-1-3-7(4-2-6)9-10-11;/h1-4H,(H,9,11);/q;+1. The van der Waals surface area contributed by atoms with Gasteiger partial charge in [0, 0.05) is 0 Å². The summed E-state index contributed by atoms with van der Waals surface area (Å²) in [6.07, 6.45) is 0. The van der Waals surface area contributed by atoms with E-state index in [0.717, 1.165) is 0 Å². The maximum atomic E-state index is 9.70. The Labute approximate surface area is 91.8 Å². The first-order valence-electron chi connectivity index (χ1n) is 2.95. The fraction of sp³-hybridized carbons (Fsp3) is 0. The van der Waals surface area contributed by atoms with Crippen LogP contribution >= 0.6 is 0 Å². The first-order valence-corrected chi connectivity index (χ1v) is 2.95. The number of nitriles is 1. The second kappa shape index (κ2) is 5.72. The second-order valence-corrected chi connectivity index (χ2v) is 1.89. The third-order valence-electron chi connectivity index (χ3n) is 1.19. The van der Waals surface area contributed by atoms with Crippen LogP contribution in [-0.4, -0.2) is 0 Å². The zero-order chi connectivity index (χ0) is 8.10. The summed E-state index contributed by atoms with van der Waals surface area (Å²) in [4.78, 5) is 9.70. The van der Waals surface area contributed by atoms with Gasteiger partial charge in [0.15, 0.2) is 0 Å². The Hall–Kier alpha value is -0.890. The molecule has 0 atom stereocenters. The van der Waals surface area contributed by atoms with E-state index in [1.165, 1.54) is 0 Å². The number of nitrogens with zero attached hydrogens (tertiary/aromatic N) is 2. The van der Waals surface area contributed by atoms with Crippen LogP contribution in [0.4, 0.5) is 5.69 Å². The average Bonchev–Trinajstić information content (AvgIpc) is 2.07. The maximum absolute atomic E-state index is 9.70. The molecule has 0 fully saturated rings. The van der Waals surface area contributed by atoms with Gasteiger partial charge in [-0.25, -0.2) is 5.43 Å². The van der Waals surface area contributed by atoms with E-state index >= 15 is 0 Å². The maximum Gasteiger partial charge on any atom is 1.00 e. The average molecular weight is 170 g/mol. The van der Waals surface area contributed by atoms with E-state index in [2.05, 4.69) is 10.7 Å². The summed E-state index contributed by atoms with van der Waals surface area (Å²) in [5, 5.41) is 10.9. The van der Waals surface area contributed by atoms with Crippen molar-refractivity contribution in [3.8, 4) is 6.07 Å². The molecule has 0 heterocycles. The predicted octanol–water partition coefficient (Wildman–Crippen LogP) is -1.34. The zero-order valence-corrected chi connectivity index (χ0v) is 8.61. The summed E-state index contributed by atoms with van der Waals surface area (Å²) < 4.78 is 0. The predicted molar refractivity (Wildman–Crippen MR) is 40.6 cm³/mol. The number of rotatable bonds is 2. The van der Waals surface area contributed by atoms with Gasteiger partial charge in [-0.2, -0.15) is 5.26 Å². The molecule has 0 aromatic heterocycles. The molecule has 1 aromatic carbocycles. The van der Waals surface area contributed by atoms with Crippen LogP contribution in [0.25, 0.3) is 0 Å². The van der Waals surface area contributed by atoms with Crippen molar-refractivity contribution in [2.45, 2.75) is 0 Å². The summed E-state index contributed by atoms with van der Waals surface area (Å²) in [5.41, 5.74) is 3.36. The van der Waals surface area contributed by atoms with Gasteiger partial charge >= 0.3 is 29.6 Å². The molecule has 4 nitrogen and oxygen atoms in total. The van der Waals surface area contributed by atoms with Gasteiger partial charge < -0.3 is 0 Å². The molecule has 54 valence electrons. The van der Waals surface area contributed by atoms with E-state index in [1.807, 2.05) is 6.07 Å². The SMILES string of the molecule is N#Cc1ccc(NN=O)cc1.[Na+]. The number of benzene rings is 1. The molecule has 0 amide bonds. The van der Waals surface area contributed by atoms with Gasteiger partial charge in [-0.1, -0.05) is 0 Å². The van der Waals surface area contributed by atoms with Gasteiger partial charge in [-0.15, -0.1) is 4.91 Å². The number of nitroso groups, excluding NO2 is 1. The summed E-state index contributed by atoms with van der Waals surface area (Å²) in [5.74, 6) is 0. The van der Waals surface area contributed by atoms with E-state index in [9.17, 15) is 4.91 Å². The van der Waals surface area contributed by atoms with Crippen molar-refractivity contribution in [3.63, 3.8) is 0 Å². The zero-order valence-electron chi connectivity index (χ0n) is 6.61. The monoisotopic (exact) mass is 170 g/mol. The Balaban J connectivity index is 0.00000121. The Bertz CT molecular complexity index is 291. The third-order valence-corrected chi connectivity index (χ3v) is 1.19. The Morgan fingerprint density at radius 3 is 2.33 bits per heavy atom. The minimum absolute atomic E-state index is 0. The molecular formula is C7H5N3NaO+. The van der Waals surface area contributed by atoms with E-state index < -0.39 is 0 Å². The molecule has 0 radical (unpaired) electrons. The molecule has 5 heteroatoms. The first kappa shape index (κ1) is 11.1. The van der Waals surface area contributed by atoms with Crippen LogP contribution in [0.15, 0.2) is 29.6 Å². The minimum atomic E-state index is 0. The number of nitrogens with one attached hydrogen (secondary N) is 1. The summed E-state index contributed by atoms with van der Waals surface area (Å²) in [6, 6.07) is 8.39. The molecule has 12 heavy (non-hydrogen) atoms. The second-order valence-electron chi connectivity index (χ2n) is 1.89. The van der Waals surface area contributed by atoms with Crippen molar-refractivity contribution in [2.24, 2.45) is 5.29 Å². The van der Waals surface area contributed by atoms with Gasteiger partial charge in [-0.3, -0.25) is 0 Å². The number of hydrogen-bond acceptors (Lipinski definition) is 3. The van der Waals surface area contributed by atoms with Crippen molar-refractivity contribution in [2.75, 3.05) is 5.43 Å². The van der Waals surface area contributed by atoms with Gasteiger partial charge in [0.1, 0.15) is 0 Å². The molecule has 0 bridgehead atoms. The largest absolute Gasteiger partial charge is 1.00 e. The molecule has 1 N–H and O–H groups in total. The van der Waals surface area contributed by atoms with Crippen molar-refractivity contribution >= 4 is 5.69 Å². The molecule has 0 aliphatic heterocycles. The van der Waals surface area contributed by atoms with Crippen LogP contribution in [0.2, 0.25) is 0 Å². The summed E-state index contributed by atoms with van der Waals surface area (Å²) >= 11 is 0. The quantitative estimate of drug-likeness (QED) is 0.339. The van der Waals surface area contributed by atoms with Crippen molar-refractivity contribution < 1.29 is 29.6 Å². The van der Waals surface area contributed by atoms with Crippen LogP contribution in [0.5, 0.6) is 0 Å². The van der Waals surface area contributed by atoms with Gasteiger partial charge in [0.2, 0.25) is 0 Å². The van der Waals surface area contributed by atoms with Gasteiger partial charge in [0.25, 0.3) is 0 Å². The molecule has 0 saturated carbocycles. The van der Waals surface area contributed by atoms with Gasteiger partial charge in [-0.05, 0) is 24.3 Å². The molecule has 0 unspecified atom stereocenters. The Morgan fingerprint density at radius 1 is 1.33 bits per heavy atom. The summed E-state index contributed by atoms with van der Waals surface area (Å²) in [6.45, 7) is 0. The van der Waals surface area contributed by atoms with Crippen molar-refractivity contribution in [1.29, 1.82) is 5.26 Å².